The van der Waals surface area contributed by atoms with Crippen molar-refractivity contribution in [3.05, 3.63) is 33.1 Å². The maximum atomic E-state index is 12.1. The lowest BCUT2D eigenvalue weighted by Gasteiger charge is -2.24. The number of benzene rings is 1. The molecule has 0 unspecified atom stereocenters. The van der Waals surface area contributed by atoms with Gasteiger partial charge in [-0.3, -0.25) is 4.90 Å². The van der Waals surface area contributed by atoms with Crippen LogP contribution >= 0.6 is 27.3 Å². The third-order valence-electron chi connectivity index (χ3n) is 3.17. The van der Waals surface area contributed by atoms with E-state index in [4.69, 9.17) is 4.74 Å². The molecule has 2 aromatic rings. The number of carbonyl (C=O) groups excluding carboxylic acids is 1. The summed E-state index contributed by atoms with van der Waals surface area (Å²) >= 11 is 5.27. The Morgan fingerprint density at radius 1 is 1.35 bits per heavy atom. The predicted octanol–water partition coefficient (Wildman–Crippen LogP) is 4.91. The molecule has 1 aromatic heterocycles. The number of rotatable bonds is 0. The molecule has 0 saturated heterocycles. The number of hydrogen-bond acceptors (Lipinski definition) is 3. The van der Waals surface area contributed by atoms with E-state index >= 15 is 0 Å². The molecule has 0 N–H and O–H groups in total. The van der Waals surface area contributed by atoms with Crippen LogP contribution in [0.4, 0.5) is 4.79 Å². The highest BCUT2D eigenvalue weighted by Gasteiger charge is 2.30. The van der Waals surface area contributed by atoms with Crippen LogP contribution < -0.4 is 0 Å². The highest BCUT2D eigenvalue weighted by Crippen LogP contribution is 2.39. The summed E-state index contributed by atoms with van der Waals surface area (Å²) in [5.41, 5.74) is 0.815. The number of thiophene rings is 1. The Morgan fingerprint density at radius 2 is 2.10 bits per heavy atom. The Labute approximate surface area is 130 Å². The summed E-state index contributed by atoms with van der Waals surface area (Å²) in [4.78, 5) is 15.2. The van der Waals surface area contributed by atoms with E-state index in [1.807, 2.05) is 20.8 Å². The van der Waals surface area contributed by atoms with E-state index in [1.54, 1.807) is 16.2 Å². The van der Waals surface area contributed by atoms with Crippen LogP contribution in [0.5, 0.6) is 0 Å². The summed E-state index contributed by atoms with van der Waals surface area (Å²) in [6.07, 6.45) is -0.232. The van der Waals surface area contributed by atoms with Gasteiger partial charge in [0.25, 0.3) is 0 Å². The third kappa shape index (κ3) is 2.56. The minimum atomic E-state index is -0.446. The lowest BCUT2D eigenvalue weighted by atomic mass is 10.1. The standard InChI is InChI=1S/C15H16BrNO2S/c1-15(2,3)19-14(18)17-7-11-10-6-9(16)4-5-12(10)20-13(11)8-17/h4-6H,7-8H2,1-3H3. The lowest BCUT2D eigenvalue weighted by Crippen LogP contribution is -2.33. The molecule has 1 aliphatic rings. The molecule has 0 radical (unpaired) electrons. The highest BCUT2D eigenvalue weighted by atomic mass is 79.9. The van der Waals surface area contributed by atoms with Gasteiger partial charge in [-0.1, -0.05) is 15.9 Å². The van der Waals surface area contributed by atoms with Gasteiger partial charge in [-0.2, -0.15) is 0 Å². The first-order valence-corrected chi connectivity index (χ1v) is 8.12. The van der Waals surface area contributed by atoms with Gasteiger partial charge in [-0.15, -0.1) is 11.3 Å². The van der Waals surface area contributed by atoms with Gasteiger partial charge in [0.1, 0.15) is 5.60 Å². The molecule has 1 aromatic carbocycles. The van der Waals surface area contributed by atoms with E-state index in [1.165, 1.54) is 20.5 Å². The lowest BCUT2D eigenvalue weighted by molar-refractivity contribution is 0.0243. The summed E-state index contributed by atoms with van der Waals surface area (Å²) in [6.45, 7) is 6.97. The van der Waals surface area contributed by atoms with E-state index in [2.05, 4.69) is 34.1 Å². The number of carbonyl (C=O) groups is 1. The van der Waals surface area contributed by atoms with Crippen LogP contribution in [0.25, 0.3) is 10.1 Å². The molecule has 20 heavy (non-hydrogen) atoms. The molecule has 0 saturated carbocycles. The molecule has 0 aliphatic carbocycles. The summed E-state index contributed by atoms with van der Waals surface area (Å²) < 4.78 is 7.79. The second-order valence-electron chi connectivity index (χ2n) is 5.98. The van der Waals surface area contributed by atoms with Crippen LogP contribution in [0.3, 0.4) is 0 Å². The summed E-state index contributed by atoms with van der Waals surface area (Å²) in [5.74, 6) is 0. The molecule has 2 heterocycles. The predicted molar refractivity (Wildman–Crippen MR) is 85.0 cm³/mol. The summed E-state index contributed by atoms with van der Waals surface area (Å²) in [5, 5.41) is 1.24. The zero-order valence-electron chi connectivity index (χ0n) is 11.7. The maximum Gasteiger partial charge on any atom is 0.410 e. The monoisotopic (exact) mass is 353 g/mol. The molecule has 106 valence electrons. The molecule has 5 heteroatoms. The fourth-order valence-corrected chi connectivity index (χ4v) is 3.92. The number of halogens is 1. The first-order valence-electron chi connectivity index (χ1n) is 6.51. The van der Waals surface area contributed by atoms with Gasteiger partial charge >= 0.3 is 6.09 Å². The second-order valence-corrected chi connectivity index (χ2v) is 8.03. The van der Waals surface area contributed by atoms with Gasteiger partial charge in [-0.05, 0) is 49.9 Å². The van der Waals surface area contributed by atoms with E-state index < -0.39 is 5.60 Å². The average Bonchev–Trinajstić information content (AvgIpc) is 2.84. The van der Waals surface area contributed by atoms with Crippen molar-refractivity contribution in [3.8, 4) is 0 Å². The first kappa shape index (κ1) is 13.9. The molecular weight excluding hydrogens is 338 g/mol. The van der Waals surface area contributed by atoms with E-state index in [0.717, 1.165) is 4.47 Å². The van der Waals surface area contributed by atoms with Crippen LogP contribution in [0.1, 0.15) is 31.2 Å². The Balaban J connectivity index is 1.86. The van der Waals surface area contributed by atoms with E-state index in [9.17, 15) is 4.79 Å². The van der Waals surface area contributed by atoms with E-state index in [-0.39, 0.29) is 6.09 Å². The number of hydrogen-bond donors (Lipinski definition) is 0. The minimum absolute atomic E-state index is 0.232. The van der Waals surface area contributed by atoms with E-state index in [0.29, 0.717) is 13.1 Å². The van der Waals surface area contributed by atoms with Gasteiger partial charge in [0.05, 0.1) is 13.1 Å². The van der Waals surface area contributed by atoms with Crippen LogP contribution in [0.15, 0.2) is 22.7 Å². The van der Waals surface area contributed by atoms with Crippen LogP contribution in [-0.2, 0) is 17.8 Å². The van der Waals surface area contributed by atoms with Crippen molar-refractivity contribution in [1.29, 1.82) is 0 Å². The molecule has 1 aliphatic heterocycles. The van der Waals surface area contributed by atoms with Gasteiger partial charge in [-0.25, -0.2) is 4.79 Å². The Morgan fingerprint density at radius 3 is 2.80 bits per heavy atom. The van der Waals surface area contributed by atoms with Crippen molar-refractivity contribution in [2.24, 2.45) is 0 Å². The van der Waals surface area contributed by atoms with Gasteiger partial charge in [0.15, 0.2) is 0 Å². The maximum absolute atomic E-state index is 12.1. The smallest absolute Gasteiger partial charge is 0.410 e. The van der Waals surface area contributed by atoms with Crippen LogP contribution in [0.2, 0.25) is 0 Å². The van der Waals surface area contributed by atoms with Crippen molar-refractivity contribution in [1.82, 2.24) is 4.90 Å². The Bertz CT molecular complexity index is 687. The van der Waals surface area contributed by atoms with Crippen molar-refractivity contribution >= 4 is 43.4 Å². The average molecular weight is 354 g/mol. The van der Waals surface area contributed by atoms with Crippen molar-refractivity contribution in [2.45, 2.75) is 39.5 Å². The third-order valence-corrected chi connectivity index (χ3v) is 4.86. The van der Waals surface area contributed by atoms with Crippen molar-refractivity contribution in [2.75, 3.05) is 0 Å². The summed E-state index contributed by atoms with van der Waals surface area (Å²) in [7, 11) is 0. The number of nitrogens with zero attached hydrogens (tertiary/aromatic N) is 1. The zero-order valence-corrected chi connectivity index (χ0v) is 14.1. The molecule has 1 amide bonds. The zero-order chi connectivity index (χ0) is 14.5. The minimum Gasteiger partial charge on any atom is -0.444 e. The van der Waals surface area contributed by atoms with Crippen molar-refractivity contribution < 1.29 is 9.53 Å². The largest absolute Gasteiger partial charge is 0.444 e. The number of fused-ring (bicyclic) bond motifs is 3. The Kier molecular flexibility index (Phi) is 3.29. The number of ether oxygens (including phenoxy) is 1. The molecule has 0 atom stereocenters. The number of amides is 1. The van der Waals surface area contributed by atoms with Gasteiger partial charge in [0.2, 0.25) is 0 Å². The quantitative estimate of drug-likeness (QED) is 0.672. The van der Waals surface area contributed by atoms with Crippen LogP contribution in [-0.4, -0.2) is 16.6 Å². The van der Waals surface area contributed by atoms with Gasteiger partial charge < -0.3 is 4.74 Å². The highest BCUT2D eigenvalue weighted by molar-refractivity contribution is 9.10. The fourth-order valence-electron chi connectivity index (χ4n) is 2.35. The molecule has 0 bridgehead atoms. The van der Waals surface area contributed by atoms with Crippen molar-refractivity contribution in [3.63, 3.8) is 0 Å². The molecule has 3 nitrogen and oxygen atoms in total. The molecule has 3 rings (SSSR count). The fraction of sp³-hybridized carbons (Fsp3) is 0.400. The SMILES string of the molecule is CC(C)(C)OC(=O)N1Cc2sc3ccc(Br)cc3c2C1. The van der Waals surface area contributed by atoms with Gasteiger partial charge in [0, 0.05) is 14.0 Å². The molecule has 0 spiro atoms. The Hall–Kier alpha value is -1.07. The van der Waals surface area contributed by atoms with Crippen LogP contribution in [0, 0.1) is 0 Å². The normalized spacial score (nSPS) is 14.7. The first-order chi connectivity index (χ1) is 9.33. The topological polar surface area (TPSA) is 29.5 Å². The summed E-state index contributed by atoms with van der Waals surface area (Å²) in [6, 6.07) is 6.31. The molecular formula is C15H16BrNO2S. The second kappa shape index (κ2) is 4.74. The molecule has 0 fully saturated rings.